The number of thiophene rings is 1. The van der Waals surface area contributed by atoms with Gasteiger partial charge in [0.25, 0.3) is 5.56 Å². The van der Waals surface area contributed by atoms with Gasteiger partial charge in [-0.25, -0.2) is 0 Å². The summed E-state index contributed by atoms with van der Waals surface area (Å²) < 4.78 is 2.90. The third-order valence-corrected chi connectivity index (χ3v) is 3.93. The van der Waals surface area contributed by atoms with Gasteiger partial charge in [0.2, 0.25) is 0 Å². The highest BCUT2D eigenvalue weighted by Gasteiger charge is 2.05. The molecular weight excluding hydrogens is 248 g/mol. The molecule has 2 aromatic heterocycles. The minimum atomic E-state index is 0.0257. The molecule has 0 unspecified atom stereocenters. The lowest BCUT2D eigenvalue weighted by Crippen LogP contribution is -2.22. The van der Waals surface area contributed by atoms with Crippen LogP contribution in [0.4, 0.5) is 0 Å². The van der Waals surface area contributed by atoms with Gasteiger partial charge in [0, 0.05) is 12.3 Å². The fraction of sp³-hybridized carbons (Fsp3) is 0.333. The van der Waals surface area contributed by atoms with Gasteiger partial charge in [-0.3, -0.25) is 9.36 Å². The van der Waals surface area contributed by atoms with Gasteiger partial charge >= 0.3 is 0 Å². The number of nitrogens with one attached hydrogen (secondary N) is 1. The van der Waals surface area contributed by atoms with Crippen LogP contribution in [0.3, 0.4) is 0 Å². The highest BCUT2D eigenvalue weighted by molar-refractivity contribution is 7.98. The molecule has 0 atom stereocenters. The Morgan fingerprint density at radius 1 is 1.67 bits per heavy atom. The zero-order chi connectivity index (χ0) is 10.8. The van der Waals surface area contributed by atoms with E-state index < -0.39 is 0 Å². The van der Waals surface area contributed by atoms with E-state index in [0.29, 0.717) is 11.3 Å². The van der Waals surface area contributed by atoms with Gasteiger partial charge in [-0.05, 0) is 29.9 Å². The molecule has 0 aliphatic rings. The molecule has 2 aromatic rings. The van der Waals surface area contributed by atoms with Crippen molar-refractivity contribution in [1.29, 1.82) is 0 Å². The van der Waals surface area contributed by atoms with Crippen molar-refractivity contribution < 1.29 is 0 Å². The lowest BCUT2D eigenvalue weighted by atomic mass is 10.5. The zero-order valence-electron chi connectivity index (χ0n) is 8.15. The second-order valence-corrected chi connectivity index (χ2v) is 5.33. The summed E-state index contributed by atoms with van der Waals surface area (Å²) in [6, 6.07) is 1.89. The number of hydrogen-bond acceptors (Lipinski definition) is 4. The Morgan fingerprint density at radius 3 is 3.20 bits per heavy atom. The average Bonchev–Trinajstić information content (AvgIpc) is 2.65. The molecule has 1 N–H and O–H groups in total. The Hall–Kier alpha value is -0.590. The predicted octanol–water partition coefficient (Wildman–Crippen LogP) is 2.48. The van der Waals surface area contributed by atoms with E-state index in [9.17, 15) is 4.79 Å². The molecule has 0 spiro atoms. The van der Waals surface area contributed by atoms with Crippen LogP contribution in [-0.4, -0.2) is 21.6 Å². The highest BCUT2D eigenvalue weighted by Crippen LogP contribution is 2.13. The third kappa shape index (κ3) is 2.02. The number of aromatic amines is 1. The van der Waals surface area contributed by atoms with Crippen molar-refractivity contribution in [3.05, 3.63) is 26.6 Å². The van der Waals surface area contributed by atoms with Gasteiger partial charge in [-0.15, -0.1) is 11.3 Å². The summed E-state index contributed by atoms with van der Waals surface area (Å²) in [4.78, 5) is 15.1. The molecule has 3 nitrogen and oxygen atoms in total. The molecule has 0 aromatic carbocycles. The van der Waals surface area contributed by atoms with Crippen molar-refractivity contribution in [2.24, 2.45) is 0 Å². The van der Waals surface area contributed by atoms with Gasteiger partial charge in [0.1, 0.15) is 4.70 Å². The number of aromatic nitrogens is 2. The lowest BCUT2D eigenvalue weighted by Gasteiger charge is -2.04. The van der Waals surface area contributed by atoms with Crippen molar-refractivity contribution in [3.8, 4) is 0 Å². The zero-order valence-corrected chi connectivity index (χ0v) is 10.6. The molecule has 6 heteroatoms. The summed E-state index contributed by atoms with van der Waals surface area (Å²) >= 11 is 8.31. The second kappa shape index (κ2) is 4.51. The van der Waals surface area contributed by atoms with Gasteiger partial charge in [0.05, 0.1) is 5.52 Å². The first-order valence-corrected chi connectivity index (χ1v) is 7.11. The lowest BCUT2D eigenvalue weighted by molar-refractivity contribution is 0.714. The molecule has 15 heavy (non-hydrogen) atoms. The van der Waals surface area contributed by atoms with E-state index in [1.807, 2.05) is 17.7 Å². The topological polar surface area (TPSA) is 37.8 Å². The number of fused-ring (bicyclic) bond motifs is 1. The van der Waals surface area contributed by atoms with Gasteiger partial charge in [0.15, 0.2) is 4.77 Å². The van der Waals surface area contributed by atoms with E-state index in [2.05, 4.69) is 4.98 Å². The first kappa shape index (κ1) is 10.9. The van der Waals surface area contributed by atoms with E-state index >= 15 is 0 Å². The molecule has 0 fully saturated rings. The molecular formula is C9H10N2OS3. The second-order valence-electron chi connectivity index (χ2n) is 3.04. The van der Waals surface area contributed by atoms with Crippen molar-refractivity contribution in [2.45, 2.75) is 6.54 Å². The van der Waals surface area contributed by atoms with Crippen LogP contribution in [0, 0.1) is 4.77 Å². The molecule has 0 radical (unpaired) electrons. The highest BCUT2D eigenvalue weighted by atomic mass is 32.2. The summed E-state index contributed by atoms with van der Waals surface area (Å²) in [5.74, 6) is 0.897. The molecule has 0 aliphatic carbocycles. The van der Waals surface area contributed by atoms with Crippen molar-refractivity contribution >= 4 is 45.5 Å². The summed E-state index contributed by atoms with van der Waals surface area (Å²) in [6.45, 7) is 0.670. The predicted molar refractivity (Wildman–Crippen MR) is 69.7 cm³/mol. The molecule has 0 aliphatic heterocycles. The van der Waals surface area contributed by atoms with Crippen LogP contribution in [0.5, 0.6) is 0 Å². The average molecular weight is 258 g/mol. The van der Waals surface area contributed by atoms with Crippen molar-refractivity contribution in [2.75, 3.05) is 12.0 Å². The van der Waals surface area contributed by atoms with Crippen LogP contribution < -0.4 is 5.56 Å². The summed E-state index contributed by atoms with van der Waals surface area (Å²) in [5, 5.41) is 1.90. The summed E-state index contributed by atoms with van der Waals surface area (Å²) in [5.41, 5.74) is 0.869. The van der Waals surface area contributed by atoms with E-state index in [0.717, 1.165) is 16.0 Å². The molecule has 0 saturated heterocycles. The first-order chi connectivity index (χ1) is 7.24. The number of hydrogen-bond donors (Lipinski definition) is 1. The van der Waals surface area contributed by atoms with Gasteiger partial charge in [-0.1, -0.05) is 0 Å². The van der Waals surface area contributed by atoms with Crippen molar-refractivity contribution in [3.63, 3.8) is 0 Å². The van der Waals surface area contributed by atoms with Crippen LogP contribution in [0.15, 0.2) is 16.2 Å². The Kier molecular flexibility index (Phi) is 3.28. The summed E-state index contributed by atoms with van der Waals surface area (Å²) in [6.07, 6.45) is 2.02. The molecule has 80 valence electrons. The van der Waals surface area contributed by atoms with Gasteiger partial charge < -0.3 is 4.98 Å². The molecule has 0 amide bonds. The SMILES string of the molecule is CSCCn1c(=S)[nH]c2ccsc2c1=O. The molecule has 2 rings (SSSR count). The maximum Gasteiger partial charge on any atom is 0.272 e. The van der Waals surface area contributed by atoms with Crippen LogP contribution >= 0.6 is 35.3 Å². The normalized spacial score (nSPS) is 11.0. The van der Waals surface area contributed by atoms with E-state index in [1.165, 1.54) is 11.3 Å². The van der Waals surface area contributed by atoms with Crippen LogP contribution in [0.1, 0.15) is 0 Å². The fourth-order valence-electron chi connectivity index (χ4n) is 1.36. The monoisotopic (exact) mass is 258 g/mol. The molecule has 0 bridgehead atoms. The molecule has 0 saturated carbocycles. The van der Waals surface area contributed by atoms with Crippen LogP contribution in [0.2, 0.25) is 0 Å². The minimum absolute atomic E-state index is 0.0257. The maximum atomic E-state index is 12.0. The number of H-pyrrole nitrogens is 1. The van der Waals surface area contributed by atoms with E-state index in [1.54, 1.807) is 16.3 Å². The van der Waals surface area contributed by atoms with Gasteiger partial charge in [-0.2, -0.15) is 11.8 Å². The standard InChI is InChI=1S/C9H10N2OS3/c1-14-5-3-11-8(12)7-6(2-4-15-7)10-9(11)13/h2,4H,3,5H2,1H3,(H,10,13). The Bertz CT molecular complexity index is 581. The van der Waals surface area contributed by atoms with Crippen molar-refractivity contribution in [1.82, 2.24) is 9.55 Å². The molecule has 2 heterocycles. The quantitative estimate of drug-likeness (QED) is 0.860. The number of thioether (sulfide) groups is 1. The third-order valence-electron chi connectivity index (χ3n) is 2.11. The smallest absolute Gasteiger partial charge is 0.272 e. The fourth-order valence-corrected chi connectivity index (χ4v) is 2.80. The van der Waals surface area contributed by atoms with E-state index in [-0.39, 0.29) is 5.56 Å². The van der Waals surface area contributed by atoms with Crippen LogP contribution in [-0.2, 0) is 6.54 Å². The Balaban J connectivity index is 2.62. The Labute approximate surface area is 100 Å². The maximum absolute atomic E-state index is 12.0. The minimum Gasteiger partial charge on any atom is -0.331 e. The van der Waals surface area contributed by atoms with E-state index in [4.69, 9.17) is 12.2 Å². The number of rotatable bonds is 3. The summed E-state index contributed by atoms with van der Waals surface area (Å²) in [7, 11) is 0. The largest absolute Gasteiger partial charge is 0.331 e. The number of nitrogens with zero attached hydrogens (tertiary/aromatic N) is 1. The first-order valence-electron chi connectivity index (χ1n) is 4.43. The van der Waals surface area contributed by atoms with Crippen LogP contribution in [0.25, 0.3) is 10.2 Å². The Morgan fingerprint density at radius 2 is 2.47 bits per heavy atom.